The number of sulfone groups is 1. The molecule has 0 bridgehead atoms. The molecule has 0 spiro atoms. The van der Waals surface area contributed by atoms with Crippen LogP contribution in [0.2, 0.25) is 0 Å². The van der Waals surface area contributed by atoms with Gasteiger partial charge in [0, 0.05) is 17.2 Å². The molecule has 0 atom stereocenters. The standard InChI is InChI=1S/C24H27BrO7S/c1-33(29,30)20-13-11-18(12-14-20)21(22(23(26)27)19-9-5-4-6-10-19)17-32-24(28)31-16-8-3-2-7-15-25/h4-6,9-14H,2-3,7-8,15-17H2,1H3,(H,26,27). The van der Waals surface area contributed by atoms with Gasteiger partial charge in [0.1, 0.15) is 6.61 Å². The molecule has 9 heteroatoms. The first kappa shape index (κ1) is 26.6. The van der Waals surface area contributed by atoms with Gasteiger partial charge in [0.05, 0.1) is 17.1 Å². The number of carboxylic acids is 1. The Kier molecular flexibility index (Phi) is 10.6. The molecule has 2 aromatic rings. The Labute approximate surface area is 202 Å². The molecule has 178 valence electrons. The maximum atomic E-state index is 12.2. The summed E-state index contributed by atoms with van der Waals surface area (Å²) < 4.78 is 33.9. The number of hydrogen-bond acceptors (Lipinski definition) is 6. The predicted molar refractivity (Wildman–Crippen MR) is 130 cm³/mol. The van der Waals surface area contributed by atoms with Crippen LogP contribution in [0.4, 0.5) is 4.79 Å². The lowest BCUT2D eigenvalue weighted by molar-refractivity contribution is -0.130. The zero-order valence-electron chi connectivity index (χ0n) is 18.3. The predicted octanol–water partition coefficient (Wildman–Crippen LogP) is 5.19. The fourth-order valence-corrected chi connectivity index (χ4v) is 4.14. The second kappa shape index (κ2) is 13.2. The van der Waals surface area contributed by atoms with Gasteiger partial charge in [-0.25, -0.2) is 18.0 Å². The zero-order chi connectivity index (χ0) is 24.3. The molecule has 0 amide bonds. The third-order valence-electron chi connectivity index (χ3n) is 4.79. The van der Waals surface area contributed by atoms with E-state index in [0.29, 0.717) is 17.5 Å². The zero-order valence-corrected chi connectivity index (χ0v) is 20.7. The number of alkyl halides is 1. The molecule has 0 aliphatic rings. The van der Waals surface area contributed by atoms with E-state index in [-0.39, 0.29) is 29.3 Å². The molecule has 0 aliphatic heterocycles. The Hall–Kier alpha value is -2.65. The van der Waals surface area contributed by atoms with Crippen LogP contribution in [0.3, 0.4) is 0 Å². The van der Waals surface area contributed by atoms with Crippen LogP contribution in [-0.4, -0.2) is 50.4 Å². The van der Waals surface area contributed by atoms with Crippen molar-refractivity contribution in [3.8, 4) is 0 Å². The van der Waals surface area contributed by atoms with Crippen LogP contribution >= 0.6 is 15.9 Å². The number of hydrogen-bond donors (Lipinski definition) is 1. The molecule has 2 rings (SSSR count). The molecule has 0 fully saturated rings. The Balaban J connectivity index is 2.26. The van der Waals surface area contributed by atoms with E-state index in [0.717, 1.165) is 30.8 Å². The van der Waals surface area contributed by atoms with Crippen molar-refractivity contribution >= 4 is 49.0 Å². The summed E-state index contributed by atoms with van der Waals surface area (Å²) in [5, 5.41) is 10.9. The Morgan fingerprint density at radius 3 is 2.09 bits per heavy atom. The van der Waals surface area contributed by atoms with Crippen molar-refractivity contribution in [2.75, 3.05) is 24.8 Å². The van der Waals surface area contributed by atoms with E-state index in [9.17, 15) is 23.1 Å². The summed E-state index contributed by atoms with van der Waals surface area (Å²) in [5.74, 6) is -1.20. The van der Waals surface area contributed by atoms with E-state index in [1.54, 1.807) is 30.3 Å². The number of carbonyl (C=O) groups is 2. The van der Waals surface area contributed by atoms with E-state index in [2.05, 4.69) is 15.9 Å². The van der Waals surface area contributed by atoms with Gasteiger partial charge in [-0.15, -0.1) is 0 Å². The van der Waals surface area contributed by atoms with E-state index >= 15 is 0 Å². The average molecular weight is 539 g/mol. The summed E-state index contributed by atoms with van der Waals surface area (Å²) in [6.07, 6.45) is 3.91. The van der Waals surface area contributed by atoms with Crippen LogP contribution in [0.25, 0.3) is 11.1 Å². The second-order valence-corrected chi connectivity index (χ2v) is 10.1. The third kappa shape index (κ3) is 8.66. The lowest BCUT2D eigenvalue weighted by Gasteiger charge is -2.14. The number of benzene rings is 2. The summed E-state index contributed by atoms with van der Waals surface area (Å²) in [5.41, 5.74) is 1.02. The van der Waals surface area contributed by atoms with Gasteiger partial charge in [-0.05, 0) is 36.1 Å². The van der Waals surface area contributed by atoms with Crippen LogP contribution in [0.1, 0.15) is 36.8 Å². The van der Waals surface area contributed by atoms with Gasteiger partial charge in [0.2, 0.25) is 0 Å². The first-order chi connectivity index (χ1) is 15.7. The molecule has 0 heterocycles. The van der Waals surface area contributed by atoms with Crippen molar-refractivity contribution < 1.29 is 32.6 Å². The van der Waals surface area contributed by atoms with Crippen LogP contribution in [0.5, 0.6) is 0 Å². The number of carboxylic acid groups (broad SMARTS) is 1. The Morgan fingerprint density at radius 1 is 0.879 bits per heavy atom. The molecule has 0 saturated heterocycles. The molecule has 2 aromatic carbocycles. The summed E-state index contributed by atoms with van der Waals surface area (Å²) in [7, 11) is -3.42. The van der Waals surface area contributed by atoms with Gasteiger partial charge in [-0.2, -0.15) is 0 Å². The van der Waals surface area contributed by atoms with Gasteiger partial charge >= 0.3 is 12.1 Å². The highest BCUT2D eigenvalue weighted by Gasteiger charge is 2.20. The number of aliphatic carboxylic acids is 1. The smallest absolute Gasteiger partial charge is 0.478 e. The lowest BCUT2D eigenvalue weighted by atomic mass is 9.95. The molecule has 0 aliphatic carbocycles. The van der Waals surface area contributed by atoms with Crippen molar-refractivity contribution in [1.29, 1.82) is 0 Å². The fourth-order valence-electron chi connectivity index (χ4n) is 3.11. The summed E-state index contributed by atoms with van der Waals surface area (Å²) in [6, 6.07) is 14.2. The summed E-state index contributed by atoms with van der Waals surface area (Å²) in [4.78, 5) is 24.3. The molecule has 33 heavy (non-hydrogen) atoms. The number of ether oxygens (including phenoxy) is 2. The molecule has 0 unspecified atom stereocenters. The number of rotatable bonds is 12. The van der Waals surface area contributed by atoms with Gasteiger partial charge in [-0.1, -0.05) is 71.2 Å². The first-order valence-corrected chi connectivity index (χ1v) is 13.4. The van der Waals surface area contributed by atoms with Gasteiger partial charge < -0.3 is 14.6 Å². The molecule has 0 saturated carbocycles. The maximum absolute atomic E-state index is 12.2. The van der Waals surface area contributed by atoms with Gasteiger partial charge in [0.25, 0.3) is 0 Å². The monoisotopic (exact) mass is 538 g/mol. The normalized spacial score (nSPS) is 12.1. The minimum atomic E-state index is -3.42. The van der Waals surface area contributed by atoms with Crippen LogP contribution < -0.4 is 0 Å². The highest BCUT2D eigenvalue weighted by atomic mass is 79.9. The van der Waals surface area contributed by atoms with Gasteiger partial charge in [-0.3, -0.25) is 0 Å². The topological polar surface area (TPSA) is 107 Å². The molecule has 0 aromatic heterocycles. The SMILES string of the molecule is CS(=O)(=O)c1ccc(C(COC(=O)OCCCCCCBr)=C(C(=O)O)c2ccccc2)cc1. The minimum absolute atomic E-state index is 0.0507. The summed E-state index contributed by atoms with van der Waals surface area (Å²) in [6.45, 7) is -0.134. The molecule has 7 nitrogen and oxygen atoms in total. The minimum Gasteiger partial charge on any atom is -0.478 e. The highest BCUT2D eigenvalue weighted by molar-refractivity contribution is 9.09. The fraction of sp³-hybridized carbons (Fsp3) is 0.333. The quantitative estimate of drug-likeness (QED) is 0.130. The van der Waals surface area contributed by atoms with Crippen LogP contribution in [0.15, 0.2) is 59.5 Å². The van der Waals surface area contributed by atoms with Crippen molar-refractivity contribution in [2.45, 2.75) is 30.6 Å². The second-order valence-electron chi connectivity index (χ2n) is 7.31. The highest BCUT2D eigenvalue weighted by Crippen LogP contribution is 2.28. The van der Waals surface area contributed by atoms with Crippen molar-refractivity contribution in [2.24, 2.45) is 0 Å². The van der Waals surface area contributed by atoms with E-state index in [1.165, 1.54) is 24.3 Å². The molecule has 1 N–H and O–H groups in total. The van der Waals surface area contributed by atoms with E-state index in [1.807, 2.05) is 0 Å². The van der Waals surface area contributed by atoms with Crippen LogP contribution in [-0.2, 0) is 24.1 Å². The molecular formula is C24H27BrO7S. The lowest BCUT2D eigenvalue weighted by Crippen LogP contribution is -2.13. The van der Waals surface area contributed by atoms with E-state index < -0.39 is 22.0 Å². The Morgan fingerprint density at radius 2 is 1.52 bits per heavy atom. The Bertz CT molecular complexity index is 1060. The first-order valence-electron chi connectivity index (χ1n) is 10.4. The summed E-state index contributed by atoms with van der Waals surface area (Å²) >= 11 is 3.37. The van der Waals surface area contributed by atoms with Crippen molar-refractivity contribution in [3.05, 3.63) is 65.7 Å². The number of unbranched alkanes of at least 4 members (excludes halogenated alkanes) is 3. The molecular weight excluding hydrogens is 512 g/mol. The largest absolute Gasteiger partial charge is 0.508 e. The molecule has 0 radical (unpaired) electrons. The van der Waals surface area contributed by atoms with Gasteiger partial charge in [0.15, 0.2) is 9.84 Å². The average Bonchev–Trinajstić information content (AvgIpc) is 2.78. The van der Waals surface area contributed by atoms with Crippen molar-refractivity contribution in [1.82, 2.24) is 0 Å². The third-order valence-corrected chi connectivity index (χ3v) is 6.48. The van der Waals surface area contributed by atoms with Crippen molar-refractivity contribution in [3.63, 3.8) is 0 Å². The van der Waals surface area contributed by atoms with E-state index in [4.69, 9.17) is 9.47 Å². The van der Waals surface area contributed by atoms with Crippen LogP contribution in [0, 0.1) is 0 Å². The maximum Gasteiger partial charge on any atom is 0.508 e. The number of carbonyl (C=O) groups excluding carboxylic acids is 1. The number of halogens is 1.